The van der Waals surface area contributed by atoms with Gasteiger partial charge in [0.25, 0.3) is 0 Å². The third kappa shape index (κ3) is 3.28. The first kappa shape index (κ1) is 17.2. The first-order valence-electron chi connectivity index (χ1n) is 7.77. The first-order valence-corrected chi connectivity index (χ1v) is 8.58. The number of hydrogen-bond donors (Lipinski definition) is 1. The van der Waals surface area contributed by atoms with Crippen LogP contribution < -0.4 is 10.1 Å². The minimum atomic E-state index is -0.353. The van der Waals surface area contributed by atoms with E-state index in [4.69, 9.17) is 9.47 Å². The summed E-state index contributed by atoms with van der Waals surface area (Å²) >= 11 is 1.32. The molecule has 3 rings (SSSR count). The van der Waals surface area contributed by atoms with E-state index in [-0.39, 0.29) is 5.97 Å². The lowest BCUT2D eigenvalue weighted by atomic mass is 10.1. The zero-order chi connectivity index (χ0) is 18.0. The second kappa shape index (κ2) is 7.06. The number of aromatic nitrogens is 2. The third-order valence-electron chi connectivity index (χ3n) is 3.91. The van der Waals surface area contributed by atoms with Crippen LogP contribution >= 0.6 is 11.3 Å². The lowest BCUT2D eigenvalue weighted by molar-refractivity contribution is 0.0605. The molecule has 1 N–H and O–H groups in total. The number of benzene rings is 1. The van der Waals surface area contributed by atoms with Crippen molar-refractivity contribution in [3.05, 3.63) is 46.1 Å². The maximum absolute atomic E-state index is 12.0. The number of para-hydroxylation sites is 1. The summed E-state index contributed by atoms with van der Waals surface area (Å²) in [5.41, 5.74) is 1.85. The maximum Gasteiger partial charge on any atom is 0.348 e. The minimum absolute atomic E-state index is 0.353. The second-order valence-corrected chi connectivity index (χ2v) is 6.51. The van der Waals surface area contributed by atoms with E-state index >= 15 is 0 Å². The van der Waals surface area contributed by atoms with Crippen molar-refractivity contribution >= 4 is 33.3 Å². The van der Waals surface area contributed by atoms with Gasteiger partial charge in [0.1, 0.15) is 27.1 Å². The number of anilines is 1. The van der Waals surface area contributed by atoms with Crippen LogP contribution in [0.15, 0.2) is 24.3 Å². The standard InChI is InChI=1S/C18H19N3O3S/c1-10-14-16(19-9-12-7-5-6-8-13(12)23-3)20-11(2)21-17(14)25-15(10)18(22)24-4/h5-8H,9H2,1-4H3,(H,19,20,21). The molecule has 7 heteroatoms. The molecule has 0 radical (unpaired) electrons. The second-order valence-electron chi connectivity index (χ2n) is 5.51. The Hall–Kier alpha value is -2.67. The van der Waals surface area contributed by atoms with Crippen molar-refractivity contribution in [1.82, 2.24) is 9.97 Å². The van der Waals surface area contributed by atoms with Crippen molar-refractivity contribution in [2.24, 2.45) is 0 Å². The van der Waals surface area contributed by atoms with Crippen molar-refractivity contribution in [3.63, 3.8) is 0 Å². The lowest BCUT2D eigenvalue weighted by Gasteiger charge is -2.11. The summed E-state index contributed by atoms with van der Waals surface area (Å²) in [6.45, 7) is 4.27. The van der Waals surface area contributed by atoms with Gasteiger partial charge in [0.05, 0.1) is 19.6 Å². The van der Waals surface area contributed by atoms with E-state index in [0.717, 1.165) is 27.1 Å². The Morgan fingerprint density at radius 2 is 1.96 bits per heavy atom. The van der Waals surface area contributed by atoms with E-state index in [2.05, 4.69) is 15.3 Å². The van der Waals surface area contributed by atoms with Gasteiger partial charge in [0.15, 0.2) is 0 Å². The largest absolute Gasteiger partial charge is 0.496 e. The van der Waals surface area contributed by atoms with Crippen molar-refractivity contribution in [1.29, 1.82) is 0 Å². The Labute approximate surface area is 149 Å². The van der Waals surface area contributed by atoms with Crippen LogP contribution in [0, 0.1) is 13.8 Å². The van der Waals surface area contributed by atoms with E-state index in [1.54, 1.807) is 7.11 Å². The molecule has 0 unspecified atom stereocenters. The molecule has 130 valence electrons. The number of nitrogens with zero attached hydrogens (tertiary/aromatic N) is 2. The molecule has 0 fully saturated rings. The molecule has 25 heavy (non-hydrogen) atoms. The molecule has 6 nitrogen and oxygen atoms in total. The molecule has 0 bridgehead atoms. The summed E-state index contributed by atoms with van der Waals surface area (Å²) in [6.07, 6.45) is 0. The highest BCUT2D eigenvalue weighted by atomic mass is 32.1. The van der Waals surface area contributed by atoms with E-state index in [9.17, 15) is 4.79 Å². The van der Waals surface area contributed by atoms with E-state index in [1.807, 2.05) is 38.1 Å². The van der Waals surface area contributed by atoms with Crippen LogP contribution in [0.3, 0.4) is 0 Å². The Bertz CT molecular complexity index is 937. The third-order valence-corrected chi connectivity index (χ3v) is 5.08. The zero-order valence-electron chi connectivity index (χ0n) is 14.5. The van der Waals surface area contributed by atoms with Crippen LogP contribution in [0.25, 0.3) is 10.2 Å². The smallest absolute Gasteiger partial charge is 0.348 e. The fourth-order valence-corrected chi connectivity index (χ4v) is 3.83. The summed E-state index contributed by atoms with van der Waals surface area (Å²) < 4.78 is 10.2. The van der Waals surface area contributed by atoms with Gasteiger partial charge in [-0.25, -0.2) is 14.8 Å². The fraction of sp³-hybridized carbons (Fsp3) is 0.278. The minimum Gasteiger partial charge on any atom is -0.496 e. The van der Waals surface area contributed by atoms with Gasteiger partial charge >= 0.3 is 5.97 Å². The molecule has 0 aliphatic rings. The zero-order valence-corrected chi connectivity index (χ0v) is 15.4. The number of aryl methyl sites for hydroxylation is 2. The molecule has 0 aliphatic heterocycles. The maximum atomic E-state index is 12.0. The van der Waals surface area contributed by atoms with Crippen LogP contribution in [0.2, 0.25) is 0 Å². The van der Waals surface area contributed by atoms with Crippen LogP contribution in [-0.4, -0.2) is 30.2 Å². The van der Waals surface area contributed by atoms with Gasteiger partial charge < -0.3 is 14.8 Å². The highest BCUT2D eigenvalue weighted by Gasteiger charge is 2.20. The van der Waals surface area contributed by atoms with Gasteiger partial charge in [0.2, 0.25) is 0 Å². The summed E-state index contributed by atoms with van der Waals surface area (Å²) in [7, 11) is 3.03. The molecule has 0 amide bonds. The molecule has 0 saturated heterocycles. The SMILES string of the molecule is COC(=O)c1sc2nc(C)nc(NCc3ccccc3OC)c2c1C. The van der Waals surface area contributed by atoms with E-state index in [0.29, 0.717) is 23.1 Å². The number of esters is 1. The molecule has 0 saturated carbocycles. The van der Waals surface area contributed by atoms with Crippen LogP contribution in [0.5, 0.6) is 5.75 Å². The summed E-state index contributed by atoms with van der Waals surface area (Å²) in [6, 6.07) is 7.81. The predicted molar refractivity (Wildman–Crippen MR) is 98.5 cm³/mol. The molecule has 0 atom stereocenters. The van der Waals surface area contributed by atoms with Crippen LogP contribution in [0.1, 0.15) is 26.6 Å². The average molecular weight is 357 g/mol. The number of nitrogens with one attached hydrogen (secondary N) is 1. The number of methoxy groups -OCH3 is 2. The number of hydrogen-bond acceptors (Lipinski definition) is 7. The number of carbonyl (C=O) groups is 1. The van der Waals surface area contributed by atoms with Crippen LogP contribution in [-0.2, 0) is 11.3 Å². The molecule has 2 heterocycles. The highest BCUT2D eigenvalue weighted by Crippen LogP contribution is 2.34. The van der Waals surface area contributed by atoms with Gasteiger partial charge in [-0.1, -0.05) is 18.2 Å². The van der Waals surface area contributed by atoms with Gasteiger partial charge in [-0.15, -0.1) is 11.3 Å². The predicted octanol–water partition coefficient (Wildman–Crippen LogP) is 3.72. The highest BCUT2D eigenvalue weighted by molar-refractivity contribution is 7.20. The van der Waals surface area contributed by atoms with Gasteiger partial charge in [-0.2, -0.15) is 0 Å². The number of fused-ring (bicyclic) bond motifs is 1. The van der Waals surface area contributed by atoms with Crippen LogP contribution in [0.4, 0.5) is 5.82 Å². The summed E-state index contributed by atoms with van der Waals surface area (Å²) in [5.74, 6) is 1.81. The quantitative estimate of drug-likeness (QED) is 0.702. The molecular formula is C18H19N3O3S. The van der Waals surface area contributed by atoms with E-state index < -0.39 is 0 Å². The molecule has 3 aromatic rings. The average Bonchev–Trinajstić information content (AvgIpc) is 2.95. The monoisotopic (exact) mass is 357 g/mol. The molecule has 2 aromatic heterocycles. The van der Waals surface area contributed by atoms with Crippen molar-refractivity contribution in [2.75, 3.05) is 19.5 Å². The number of carbonyl (C=O) groups excluding carboxylic acids is 1. The van der Waals surface area contributed by atoms with Crippen molar-refractivity contribution in [2.45, 2.75) is 20.4 Å². The van der Waals surface area contributed by atoms with Crippen molar-refractivity contribution in [3.8, 4) is 5.75 Å². The number of ether oxygens (including phenoxy) is 2. The van der Waals surface area contributed by atoms with E-state index in [1.165, 1.54) is 18.4 Å². The topological polar surface area (TPSA) is 73.3 Å². The van der Waals surface area contributed by atoms with Gasteiger partial charge in [0, 0.05) is 12.1 Å². The molecular weight excluding hydrogens is 338 g/mol. The Morgan fingerprint density at radius 1 is 1.20 bits per heavy atom. The van der Waals surface area contributed by atoms with Gasteiger partial charge in [-0.05, 0) is 25.5 Å². The molecule has 0 aliphatic carbocycles. The first-order chi connectivity index (χ1) is 12.0. The normalized spacial score (nSPS) is 10.7. The van der Waals surface area contributed by atoms with Crippen molar-refractivity contribution < 1.29 is 14.3 Å². The molecule has 0 spiro atoms. The Kier molecular flexibility index (Phi) is 4.85. The molecule has 1 aromatic carbocycles. The summed E-state index contributed by atoms with van der Waals surface area (Å²) in [4.78, 5) is 22.3. The fourth-order valence-electron chi connectivity index (χ4n) is 2.69. The lowest BCUT2D eigenvalue weighted by Crippen LogP contribution is -2.05. The Balaban J connectivity index is 2.01. The Morgan fingerprint density at radius 3 is 2.68 bits per heavy atom. The summed E-state index contributed by atoms with van der Waals surface area (Å²) in [5, 5.41) is 4.21. The van der Waals surface area contributed by atoms with Gasteiger partial charge in [-0.3, -0.25) is 0 Å². The number of thiophene rings is 1. The number of rotatable bonds is 5.